The van der Waals surface area contributed by atoms with Crippen LogP contribution in [0, 0.1) is 5.92 Å². The number of halogens is 1. The first-order chi connectivity index (χ1) is 7.52. The summed E-state index contributed by atoms with van der Waals surface area (Å²) in [5.74, 6) is 0.135. The van der Waals surface area contributed by atoms with Gasteiger partial charge in [-0.2, -0.15) is 0 Å². The van der Waals surface area contributed by atoms with Gasteiger partial charge in [-0.05, 0) is 34.0 Å². The second kappa shape index (κ2) is 5.96. The minimum absolute atomic E-state index is 0.0357. The summed E-state index contributed by atoms with van der Waals surface area (Å²) in [5.41, 5.74) is 6.22. The fourth-order valence-electron chi connectivity index (χ4n) is 1.08. The molecule has 1 rings (SSSR count). The average molecular weight is 286 g/mol. The van der Waals surface area contributed by atoms with Gasteiger partial charge in [-0.25, -0.2) is 4.98 Å². The van der Waals surface area contributed by atoms with Crippen molar-refractivity contribution < 1.29 is 4.79 Å². The van der Waals surface area contributed by atoms with Crippen LogP contribution in [-0.2, 0) is 0 Å². The first-order valence-electron chi connectivity index (χ1n) is 5.16. The van der Waals surface area contributed by atoms with Crippen LogP contribution in [0.25, 0.3) is 0 Å². The Bertz CT molecular complexity index is 368. The summed E-state index contributed by atoms with van der Waals surface area (Å²) in [5, 5.41) is 2.76. The summed E-state index contributed by atoms with van der Waals surface area (Å²) in [6.45, 7) is 4.50. The number of carbonyl (C=O) groups excluding carboxylic acids is 1. The third kappa shape index (κ3) is 3.57. The van der Waals surface area contributed by atoms with E-state index in [-0.39, 0.29) is 11.9 Å². The molecule has 0 aromatic carbocycles. The van der Waals surface area contributed by atoms with E-state index in [1.54, 1.807) is 18.3 Å². The van der Waals surface area contributed by atoms with Crippen LogP contribution in [0.4, 0.5) is 0 Å². The zero-order chi connectivity index (χ0) is 12.1. The van der Waals surface area contributed by atoms with E-state index in [1.165, 1.54) is 0 Å². The average Bonchev–Trinajstić information content (AvgIpc) is 2.25. The van der Waals surface area contributed by atoms with Crippen LogP contribution in [0.2, 0.25) is 0 Å². The summed E-state index contributed by atoms with van der Waals surface area (Å²) >= 11 is 3.28. The lowest BCUT2D eigenvalue weighted by atomic mass is 10.1. The van der Waals surface area contributed by atoms with Gasteiger partial charge in [-0.15, -0.1) is 0 Å². The number of pyridine rings is 1. The summed E-state index contributed by atoms with van der Waals surface area (Å²) in [7, 11) is 0. The van der Waals surface area contributed by atoms with Gasteiger partial charge in [0.05, 0.1) is 0 Å². The van der Waals surface area contributed by atoms with Gasteiger partial charge >= 0.3 is 0 Å². The Hall–Kier alpha value is -0.940. The van der Waals surface area contributed by atoms with Crippen LogP contribution in [-0.4, -0.2) is 23.5 Å². The first-order valence-corrected chi connectivity index (χ1v) is 5.96. The number of carbonyl (C=O) groups is 1. The van der Waals surface area contributed by atoms with E-state index < -0.39 is 0 Å². The van der Waals surface area contributed by atoms with Gasteiger partial charge in [0.25, 0.3) is 5.91 Å². The molecule has 1 amide bonds. The lowest BCUT2D eigenvalue weighted by Gasteiger charge is -2.16. The Labute approximate surface area is 104 Å². The predicted molar refractivity (Wildman–Crippen MR) is 67.1 cm³/mol. The molecule has 0 aliphatic carbocycles. The Morgan fingerprint density at radius 3 is 2.88 bits per heavy atom. The van der Waals surface area contributed by atoms with E-state index in [9.17, 15) is 4.79 Å². The molecular formula is C11H16BrN3O. The minimum atomic E-state index is -0.205. The van der Waals surface area contributed by atoms with E-state index in [4.69, 9.17) is 5.73 Å². The quantitative estimate of drug-likeness (QED) is 0.882. The number of hydrogen-bond acceptors (Lipinski definition) is 3. The minimum Gasteiger partial charge on any atom is -0.349 e. The highest BCUT2D eigenvalue weighted by molar-refractivity contribution is 9.10. The molecule has 0 saturated carbocycles. The van der Waals surface area contributed by atoms with E-state index in [2.05, 4.69) is 26.2 Å². The molecule has 4 nitrogen and oxygen atoms in total. The molecule has 0 fully saturated rings. The molecule has 1 unspecified atom stereocenters. The molecule has 0 spiro atoms. The molecule has 88 valence electrons. The summed E-state index contributed by atoms with van der Waals surface area (Å²) in [4.78, 5) is 15.7. The lowest BCUT2D eigenvalue weighted by Crippen LogP contribution is -2.40. The zero-order valence-electron chi connectivity index (χ0n) is 9.40. The SMILES string of the molecule is CC(C)C(N)CNC(=O)c1ncccc1Br. The molecule has 1 atom stereocenters. The van der Waals surface area contributed by atoms with Gasteiger partial charge in [0.1, 0.15) is 5.69 Å². The van der Waals surface area contributed by atoms with Gasteiger partial charge in [0.15, 0.2) is 0 Å². The van der Waals surface area contributed by atoms with E-state index in [0.717, 1.165) is 0 Å². The van der Waals surface area contributed by atoms with Crippen LogP contribution in [0.5, 0.6) is 0 Å². The first kappa shape index (κ1) is 13.1. The largest absolute Gasteiger partial charge is 0.349 e. The number of nitrogens with one attached hydrogen (secondary N) is 1. The van der Waals surface area contributed by atoms with Crippen LogP contribution in [0.15, 0.2) is 22.8 Å². The van der Waals surface area contributed by atoms with Crippen molar-refractivity contribution in [2.24, 2.45) is 11.7 Å². The number of hydrogen-bond donors (Lipinski definition) is 2. The molecule has 1 aromatic rings. The highest BCUT2D eigenvalue weighted by atomic mass is 79.9. The molecule has 0 aliphatic heterocycles. The molecule has 3 N–H and O–H groups in total. The number of nitrogens with zero attached hydrogens (tertiary/aromatic N) is 1. The van der Waals surface area contributed by atoms with Gasteiger partial charge in [0.2, 0.25) is 0 Å². The zero-order valence-corrected chi connectivity index (χ0v) is 11.0. The van der Waals surface area contributed by atoms with Crippen molar-refractivity contribution in [2.45, 2.75) is 19.9 Å². The van der Waals surface area contributed by atoms with Crippen LogP contribution < -0.4 is 11.1 Å². The standard InChI is InChI=1S/C11H16BrN3O/c1-7(2)9(13)6-15-11(16)10-8(12)4-3-5-14-10/h3-5,7,9H,6,13H2,1-2H3,(H,15,16). The van der Waals surface area contributed by atoms with E-state index in [0.29, 0.717) is 22.6 Å². The number of nitrogens with two attached hydrogens (primary N) is 1. The fraction of sp³-hybridized carbons (Fsp3) is 0.455. The summed E-state index contributed by atoms with van der Waals surface area (Å²) < 4.78 is 0.686. The number of rotatable bonds is 4. The second-order valence-electron chi connectivity index (χ2n) is 3.95. The Morgan fingerprint density at radius 1 is 1.62 bits per heavy atom. The normalized spacial score (nSPS) is 12.6. The number of aromatic nitrogens is 1. The molecule has 5 heteroatoms. The Balaban J connectivity index is 2.57. The fourth-order valence-corrected chi connectivity index (χ4v) is 1.52. The second-order valence-corrected chi connectivity index (χ2v) is 4.81. The third-order valence-electron chi connectivity index (χ3n) is 2.33. The van der Waals surface area contributed by atoms with Gasteiger partial charge in [0, 0.05) is 23.3 Å². The van der Waals surface area contributed by atoms with Gasteiger partial charge in [-0.3, -0.25) is 4.79 Å². The van der Waals surface area contributed by atoms with Crippen molar-refractivity contribution in [1.29, 1.82) is 0 Å². The molecule has 16 heavy (non-hydrogen) atoms. The molecule has 0 aliphatic rings. The van der Waals surface area contributed by atoms with Crippen molar-refractivity contribution in [1.82, 2.24) is 10.3 Å². The smallest absolute Gasteiger partial charge is 0.271 e. The monoisotopic (exact) mass is 285 g/mol. The predicted octanol–water partition coefficient (Wildman–Crippen LogP) is 1.56. The van der Waals surface area contributed by atoms with Crippen molar-refractivity contribution in [3.63, 3.8) is 0 Å². The van der Waals surface area contributed by atoms with Crippen molar-refractivity contribution in [2.75, 3.05) is 6.54 Å². The highest BCUT2D eigenvalue weighted by Crippen LogP contribution is 2.12. The van der Waals surface area contributed by atoms with Crippen LogP contribution in [0.1, 0.15) is 24.3 Å². The maximum Gasteiger partial charge on any atom is 0.271 e. The molecular weight excluding hydrogens is 270 g/mol. The van der Waals surface area contributed by atoms with Crippen molar-refractivity contribution in [3.05, 3.63) is 28.5 Å². The van der Waals surface area contributed by atoms with Gasteiger partial charge in [-0.1, -0.05) is 13.8 Å². The number of amides is 1. The molecule has 1 heterocycles. The van der Waals surface area contributed by atoms with Gasteiger partial charge < -0.3 is 11.1 Å². The Morgan fingerprint density at radius 2 is 2.31 bits per heavy atom. The van der Waals surface area contributed by atoms with Crippen LogP contribution >= 0.6 is 15.9 Å². The maximum atomic E-state index is 11.7. The van der Waals surface area contributed by atoms with E-state index in [1.807, 2.05) is 13.8 Å². The maximum absolute atomic E-state index is 11.7. The Kier molecular flexibility index (Phi) is 4.89. The topological polar surface area (TPSA) is 68.0 Å². The van der Waals surface area contributed by atoms with Crippen molar-refractivity contribution in [3.8, 4) is 0 Å². The summed E-state index contributed by atoms with van der Waals surface area (Å²) in [6.07, 6.45) is 1.59. The van der Waals surface area contributed by atoms with Crippen LogP contribution in [0.3, 0.4) is 0 Å². The summed E-state index contributed by atoms with van der Waals surface area (Å²) in [6, 6.07) is 3.51. The highest BCUT2D eigenvalue weighted by Gasteiger charge is 2.13. The third-order valence-corrected chi connectivity index (χ3v) is 2.97. The molecule has 0 bridgehead atoms. The molecule has 0 saturated heterocycles. The molecule has 0 radical (unpaired) electrons. The molecule has 1 aromatic heterocycles. The van der Waals surface area contributed by atoms with Crippen molar-refractivity contribution >= 4 is 21.8 Å². The van der Waals surface area contributed by atoms with E-state index >= 15 is 0 Å². The lowest BCUT2D eigenvalue weighted by molar-refractivity contribution is 0.0943.